The third-order valence-electron chi connectivity index (χ3n) is 5.13. The van der Waals surface area contributed by atoms with Crippen LogP contribution in [-0.4, -0.2) is 22.0 Å². The Balaban J connectivity index is 1.92. The molecule has 2 aromatic carbocycles. The molecule has 6 nitrogen and oxygen atoms in total. The molecule has 30 heavy (non-hydrogen) atoms. The Morgan fingerprint density at radius 2 is 1.80 bits per heavy atom. The first kappa shape index (κ1) is 19.6. The van der Waals surface area contributed by atoms with Crippen molar-refractivity contribution < 1.29 is 23.6 Å². The highest BCUT2D eigenvalue weighted by molar-refractivity contribution is 6.51. The Morgan fingerprint density at radius 3 is 2.37 bits per heavy atom. The minimum Gasteiger partial charge on any atom is -0.507 e. The zero-order chi connectivity index (χ0) is 21.4. The molecule has 1 N–H and O–H groups in total. The van der Waals surface area contributed by atoms with Crippen LogP contribution in [0.4, 0.5) is 10.2 Å². The minimum absolute atomic E-state index is 0.0866. The standard InChI is InChI=1S/C23H19FN2O4/c1-3-14-4-6-15(7-5-14)20-19(21(27)16-8-10-17(24)11-9-16)22(28)23(29)26(20)18-12-13(2)30-25-18/h4-12,20,27H,3H2,1-2H3. The van der Waals surface area contributed by atoms with Crippen molar-refractivity contribution in [3.63, 3.8) is 0 Å². The maximum absolute atomic E-state index is 13.3. The van der Waals surface area contributed by atoms with Crippen molar-refractivity contribution in [3.8, 4) is 0 Å². The summed E-state index contributed by atoms with van der Waals surface area (Å²) in [5, 5.41) is 14.8. The molecule has 0 spiro atoms. The quantitative estimate of drug-likeness (QED) is 0.397. The van der Waals surface area contributed by atoms with Gasteiger partial charge < -0.3 is 9.63 Å². The first-order valence-electron chi connectivity index (χ1n) is 9.49. The molecule has 1 aliphatic heterocycles. The van der Waals surface area contributed by atoms with Crippen LogP contribution in [0.2, 0.25) is 0 Å². The average molecular weight is 406 g/mol. The number of hydrogen-bond donors (Lipinski definition) is 1. The summed E-state index contributed by atoms with van der Waals surface area (Å²) >= 11 is 0. The molecule has 1 saturated heterocycles. The first-order chi connectivity index (χ1) is 14.4. The van der Waals surface area contributed by atoms with Crippen molar-refractivity contribution in [1.82, 2.24) is 5.16 Å². The van der Waals surface area contributed by atoms with Crippen molar-refractivity contribution in [1.29, 1.82) is 0 Å². The Bertz CT molecular complexity index is 1150. The summed E-state index contributed by atoms with van der Waals surface area (Å²) in [6.45, 7) is 3.70. The molecule has 7 heteroatoms. The molecule has 0 aliphatic carbocycles. The molecule has 1 unspecified atom stereocenters. The van der Waals surface area contributed by atoms with E-state index in [0.29, 0.717) is 11.3 Å². The van der Waals surface area contributed by atoms with Crippen molar-refractivity contribution in [2.75, 3.05) is 4.90 Å². The van der Waals surface area contributed by atoms with Gasteiger partial charge in [0.2, 0.25) is 0 Å². The number of Topliss-reactive ketones (excluding diaryl/α,β-unsaturated/α-hetero) is 1. The van der Waals surface area contributed by atoms with Gasteiger partial charge in [-0.15, -0.1) is 0 Å². The lowest BCUT2D eigenvalue weighted by Gasteiger charge is -2.23. The van der Waals surface area contributed by atoms with E-state index in [-0.39, 0.29) is 22.7 Å². The summed E-state index contributed by atoms with van der Waals surface area (Å²) in [5.41, 5.74) is 1.87. The molecule has 0 radical (unpaired) electrons. The number of ketones is 1. The third-order valence-corrected chi connectivity index (χ3v) is 5.13. The van der Waals surface area contributed by atoms with Gasteiger partial charge in [0, 0.05) is 11.6 Å². The number of aliphatic hydroxyl groups is 1. The number of aliphatic hydroxyl groups excluding tert-OH is 1. The summed E-state index contributed by atoms with van der Waals surface area (Å²) in [7, 11) is 0. The number of carbonyl (C=O) groups is 2. The molecule has 4 rings (SSSR count). The fourth-order valence-electron chi connectivity index (χ4n) is 3.55. The Labute approximate surface area is 172 Å². The lowest BCUT2D eigenvalue weighted by atomic mass is 9.94. The zero-order valence-electron chi connectivity index (χ0n) is 16.4. The molecule has 1 aliphatic rings. The van der Waals surface area contributed by atoms with Gasteiger partial charge in [-0.25, -0.2) is 4.39 Å². The highest BCUT2D eigenvalue weighted by Gasteiger charge is 2.48. The normalized spacial score (nSPS) is 18.2. The van der Waals surface area contributed by atoms with Crippen LogP contribution < -0.4 is 4.90 Å². The number of aromatic nitrogens is 1. The van der Waals surface area contributed by atoms with E-state index in [0.717, 1.165) is 12.0 Å². The van der Waals surface area contributed by atoms with E-state index < -0.39 is 23.5 Å². The fourth-order valence-corrected chi connectivity index (χ4v) is 3.55. The lowest BCUT2D eigenvalue weighted by molar-refractivity contribution is -0.132. The second kappa shape index (κ2) is 7.59. The third kappa shape index (κ3) is 3.28. The molecule has 3 aromatic rings. The van der Waals surface area contributed by atoms with E-state index in [1.165, 1.54) is 29.2 Å². The number of aryl methyl sites for hydroxylation is 2. The van der Waals surface area contributed by atoms with E-state index in [2.05, 4.69) is 5.16 Å². The second-order valence-electron chi connectivity index (χ2n) is 7.07. The monoisotopic (exact) mass is 406 g/mol. The molecule has 0 bridgehead atoms. The van der Waals surface area contributed by atoms with Gasteiger partial charge in [0.15, 0.2) is 5.82 Å². The van der Waals surface area contributed by atoms with E-state index in [9.17, 15) is 19.1 Å². The summed E-state index contributed by atoms with van der Waals surface area (Å²) in [4.78, 5) is 27.1. The lowest BCUT2D eigenvalue weighted by Crippen LogP contribution is -2.29. The van der Waals surface area contributed by atoms with Crippen molar-refractivity contribution in [2.45, 2.75) is 26.3 Å². The van der Waals surface area contributed by atoms with Crippen molar-refractivity contribution in [3.05, 3.63) is 88.4 Å². The molecule has 1 atom stereocenters. The zero-order valence-corrected chi connectivity index (χ0v) is 16.4. The fraction of sp³-hybridized carbons (Fsp3) is 0.174. The molecular weight excluding hydrogens is 387 g/mol. The Kier molecular flexibility index (Phi) is 4.95. The number of benzene rings is 2. The highest BCUT2D eigenvalue weighted by atomic mass is 19.1. The highest BCUT2D eigenvalue weighted by Crippen LogP contribution is 2.41. The van der Waals surface area contributed by atoms with Gasteiger partial charge in [-0.1, -0.05) is 36.3 Å². The maximum atomic E-state index is 13.3. The number of anilines is 1. The number of carbonyl (C=O) groups excluding carboxylic acids is 2. The predicted octanol–water partition coefficient (Wildman–Crippen LogP) is 4.31. The smallest absolute Gasteiger partial charge is 0.301 e. The predicted molar refractivity (Wildman–Crippen MR) is 108 cm³/mol. The Morgan fingerprint density at radius 1 is 1.13 bits per heavy atom. The van der Waals surface area contributed by atoms with Crippen LogP contribution in [0.5, 0.6) is 0 Å². The van der Waals surface area contributed by atoms with Gasteiger partial charge in [-0.2, -0.15) is 0 Å². The SMILES string of the molecule is CCc1ccc(C2C(=C(O)c3ccc(F)cc3)C(=O)C(=O)N2c2cc(C)on2)cc1. The molecule has 1 amide bonds. The molecular formula is C23H19FN2O4. The number of nitrogens with zero attached hydrogens (tertiary/aromatic N) is 2. The number of rotatable bonds is 4. The number of hydrogen-bond acceptors (Lipinski definition) is 5. The first-order valence-corrected chi connectivity index (χ1v) is 9.49. The van der Waals surface area contributed by atoms with Gasteiger partial charge in [0.1, 0.15) is 17.3 Å². The van der Waals surface area contributed by atoms with Gasteiger partial charge >= 0.3 is 5.91 Å². The second-order valence-corrected chi connectivity index (χ2v) is 7.07. The topological polar surface area (TPSA) is 83.6 Å². The van der Waals surface area contributed by atoms with Gasteiger partial charge in [-0.3, -0.25) is 14.5 Å². The van der Waals surface area contributed by atoms with E-state index in [1.54, 1.807) is 13.0 Å². The van der Waals surface area contributed by atoms with Gasteiger partial charge in [-0.05, 0) is 48.7 Å². The van der Waals surface area contributed by atoms with Crippen LogP contribution in [0, 0.1) is 12.7 Å². The van der Waals surface area contributed by atoms with Crippen molar-refractivity contribution in [2.24, 2.45) is 0 Å². The maximum Gasteiger partial charge on any atom is 0.301 e. The van der Waals surface area contributed by atoms with Gasteiger partial charge in [0.25, 0.3) is 5.78 Å². The Hall–Kier alpha value is -3.74. The van der Waals surface area contributed by atoms with E-state index in [1.807, 2.05) is 31.2 Å². The van der Waals surface area contributed by atoms with E-state index in [4.69, 9.17) is 4.52 Å². The molecule has 1 aromatic heterocycles. The average Bonchev–Trinajstić information content (AvgIpc) is 3.29. The van der Waals surface area contributed by atoms with E-state index >= 15 is 0 Å². The molecule has 2 heterocycles. The van der Waals surface area contributed by atoms with Crippen LogP contribution in [-0.2, 0) is 16.0 Å². The molecule has 1 fully saturated rings. The summed E-state index contributed by atoms with van der Waals surface area (Å²) in [6, 6.07) is 13.2. The van der Waals surface area contributed by atoms with Crippen LogP contribution in [0.15, 0.2) is 64.7 Å². The molecule has 152 valence electrons. The van der Waals surface area contributed by atoms with Crippen LogP contribution >= 0.6 is 0 Å². The van der Waals surface area contributed by atoms with Gasteiger partial charge in [0.05, 0.1) is 11.6 Å². The van der Waals surface area contributed by atoms with Crippen LogP contribution in [0.25, 0.3) is 5.76 Å². The number of amides is 1. The minimum atomic E-state index is -0.898. The summed E-state index contributed by atoms with van der Waals surface area (Å²) < 4.78 is 18.4. The van der Waals surface area contributed by atoms with Crippen LogP contribution in [0.3, 0.4) is 0 Å². The van der Waals surface area contributed by atoms with Crippen LogP contribution in [0.1, 0.15) is 35.4 Å². The van der Waals surface area contributed by atoms with Crippen molar-refractivity contribution >= 4 is 23.3 Å². The number of halogens is 1. The largest absolute Gasteiger partial charge is 0.507 e. The summed E-state index contributed by atoms with van der Waals surface area (Å²) in [6.07, 6.45) is 0.832. The molecule has 0 saturated carbocycles. The summed E-state index contributed by atoms with van der Waals surface area (Å²) in [5.74, 6) is -1.86.